The van der Waals surface area contributed by atoms with Crippen LogP contribution in [0, 0.1) is 0 Å². The molecule has 0 aliphatic rings. The van der Waals surface area contributed by atoms with Gasteiger partial charge < -0.3 is 14.6 Å². The Hall–Kier alpha value is -2.92. The molecule has 0 aliphatic heterocycles. The van der Waals surface area contributed by atoms with Crippen LogP contribution in [-0.2, 0) is 11.3 Å². The monoisotopic (exact) mass is 336 g/mol. The quantitative estimate of drug-likeness (QED) is 0.703. The molecule has 1 heterocycles. The number of rotatable bonds is 6. The van der Waals surface area contributed by atoms with Crippen LogP contribution >= 0.6 is 0 Å². The molecule has 128 valence electrons. The molecule has 1 N–H and O–H groups in total. The van der Waals surface area contributed by atoms with Gasteiger partial charge in [0.25, 0.3) is 11.5 Å². The highest BCUT2D eigenvalue weighted by atomic mass is 16.5. The van der Waals surface area contributed by atoms with Gasteiger partial charge in [-0.2, -0.15) is 0 Å². The molecule has 3 aromatic rings. The number of amides is 1. The van der Waals surface area contributed by atoms with E-state index in [2.05, 4.69) is 5.32 Å². The van der Waals surface area contributed by atoms with Gasteiger partial charge in [-0.05, 0) is 11.6 Å². The summed E-state index contributed by atoms with van der Waals surface area (Å²) in [5.41, 5.74) is 1.39. The average Bonchev–Trinajstić information content (AvgIpc) is 2.65. The minimum absolute atomic E-state index is 0.104. The number of nitrogens with zero attached hydrogens (tertiary/aromatic N) is 1. The topological polar surface area (TPSA) is 60.3 Å². The van der Waals surface area contributed by atoms with E-state index in [1.807, 2.05) is 42.5 Å². The van der Waals surface area contributed by atoms with Gasteiger partial charge in [0.1, 0.15) is 0 Å². The van der Waals surface area contributed by atoms with E-state index < -0.39 is 0 Å². The number of methoxy groups -OCH3 is 1. The molecule has 2 aromatic carbocycles. The summed E-state index contributed by atoms with van der Waals surface area (Å²) in [5.74, 6) is -0.213. The predicted molar refractivity (Wildman–Crippen MR) is 98.0 cm³/mol. The lowest BCUT2D eigenvalue weighted by atomic mass is 10.1. The number of nitrogens with one attached hydrogen (secondary N) is 1. The Balaban J connectivity index is 2.04. The zero-order chi connectivity index (χ0) is 17.6. The Kier molecular flexibility index (Phi) is 5.26. The van der Waals surface area contributed by atoms with Gasteiger partial charge in [-0.1, -0.05) is 48.5 Å². The molecule has 0 unspecified atom stereocenters. The summed E-state index contributed by atoms with van der Waals surface area (Å²) in [6.07, 6.45) is 1.64. The summed E-state index contributed by atoms with van der Waals surface area (Å²) in [6, 6.07) is 16.9. The van der Waals surface area contributed by atoms with Crippen molar-refractivity contribution in [2.45, 2.75) is 6.54 Å². The molecule has 0 saturated heterocycles. The van der Waals surface area contributed by atoms with Crippen molar-refractivity contribution in [2.24, 2.45) is 0 Å². The summed E-state index contributed by atoms with van der Waals surface area (Å²) < 4.78 is 6.55. The van der Waals surface area contributed by atoms with E-state index in [4.69, 9.17) is 4.74 Å². The van der Waals surface area contributed by atoms with Crippen LogP contribution in [0.4, 0.5) is 0 Å². The standard InChI is InChI=1S/C20H20N2O3/c1-25-12-11-21-19(23)18-14-22(13-15-7-3-2-4-8-15)20(24)17-10-6-5-9-16(17)18/h2-10,14H,11-13H2,1H3,(H,21,23). The zero-order valence-corrected chi connectivity index (χ0v) is 14.1. The van der Waals surface area contributed by atoms with Crippen molar-refractivity contribution in [2.75, 3.05) is 20.3 Å². The number of fused-ring (bicyclic) bond motifs is 1. The molecule has 0 spiro atoms. The van der Waals surface area contributed by atoms with Crippen molar-refractivity contribution in [3.05, 3.63) is 82.3 Å². The molecule has 0 radical (unpaired) electrons. The third kappa shape index (κ3) is 3.78. The molecule has 5 heteroatoms. The van der Waals surface area contributed by atoms with E-state index in [1.54, 1.807) is 30.0 Å². The fourth-order valence-electron chi connectivity index (χ4n) is 2.78. The Morgan fingerprint density at radius 2 is 1.72 bits per heavy atom. The van der Waals surface area contributed by atoms with Crippen molar-refractivity contribution in [1.82, 2.24) is 9.88 Å². The van der Waals surface area contributed by atoms with Crippen molar-refractivity contribution in [3.8, 4) is 0 Å². The molecule has 0 bridgehead atoms. The van der Waals surface area contributed by atoms with E-state index >= 15 is 0 Å². The SMILES string of the molecule is COCCNC(=O)c1cn(Cc2ccccc2)c(=O)c2ccccc12. The van der Waals surface area contributed by atoms with Crippen molar-refractivity contribution < 1.29 is 9.53 Å². The Morgan fingerprint density at radius 3 is 2.44 bits per heavy atom. The van der Waals surface area contributed by atoms with Gasteiger partial charge in [0.05, 0.1) is 18.7 Å². The first-order valence-electron chi connectivity index (χ1n) is 8.14. The van der Waals surface area contributed by atoms with Crippen LogP contribution in [0.15, 0.2) is 65.6 Å². The van der Waals surface area contributed by atoms with E-state index in [9.17, 15) is 9.59 Å². The van der Waals surface area contributed by atoms with E-state index in [0.717, 1.165) is 5.56 Å². The molecule has 3 rings (SSSR count). The summed E-state index contributed by atoms with van der Waals surface area (Å²) in [4.78, 5) is 25.3. The fraction of sp³-hybridized carbons (Fsp3) is 0.200. The van der Waals surface area contributed by atoms with E-state index in [0.29, 0.717) is 36.0 Å². The van der Waals surface area contributed by atoms with E-state index in [-0.39, 0.29) is 11.5 Å². The number of benzene rings is 2. The number of hydrogen-bond acceptors (Lipinski definition) is 3. The normalized spacial score (nSPS) is 10.8. The fourth-order valence-corrected chi connectivity index (χ4v) is 2.78. The molecule has 0 fully saturated rings. The first-order valence-corrected chi connectivity index (χ1v) is 8.14. The second kappa shape index (κ2) is 7.77. The van der Waals surface area contributed by atoms with Gasteiger partial charge in [-0.3, -0.25) is 9.59 Å². The maximum absolute atomic E-state index is 12.8. The molecule has 0 atom stereocenters. The number of pyridine rings is 1. The van der Waals surface area contributed by atoms with E-state index in [1.165, 1.54) is 0 Å². The highest BCUT2D eigenvalue weighted by molar-refractivity contribution is 6.06. The molecule has 1 amide bonds. The Labute approximate surface area is 145 Å². The van der Waals surface area contributed by atoms with Gasteiger partial charge in [0.2, 0.25) is 0 Å². The maximum Gasteiger partial charge on any atom is 0.258 e. The largest absolute Gasteiger partial charge is 0.383 e. The summed E-state index contributed by atoms with van der Waals surface area (Å²) in [5, 5.41) is 4.02. The zero-order valence-electron chi connectivity index (χ0n) is 14.1. The van der Waals surface area contributed by atoms with Gasteiger partial charge >= 0.3 is 0 Å². The van der Waals surface area contributed by atoms with Gasteiger partial charge in [0, 0.05) is 30.6 Å². The van der Waals surface area contributed by atoms with Gasteiger partial charge in [-0.25, -0.2) is 0 Å². The van der Waals surface area contributed by atoms with Crippen LogP contribution in [-0.4, -0.2) is 30.7 Å². The summed E-state index contributed by atoms with van der Waals surface area (Å²) in [6.45, 7) is 1.28. The van der Waals surface area contributed by atoms with Gasteiger partial charge in [0.15, 0.2) is 0 Å². The minimum Gasteiger partial charge on any atom is -0.383 e. The van der Waals surface area contributed by atoms with Crippen LogP contribution in [0.1, 0.15) is 15.9 Å². The lowest BCUT2D eigenvalue weighted by Gasteiger charge is -2.12. The van der Waals surface area contributed by atoms with Crippen LogP contribution in [0.25, 0.3) is 10.8 Å². The minimum atomic E-state index is -0.213. The molecule has 0 aliphatic carbocycles. The molecule has 0 saturated carbocycles. The maximum atomic E-state index is 12.8. The number of hydrogen-bond donors (Lipinski definition) is 1. The first kappa shape index (κ1) is 16.9. The Bertz CT molecular complexity index is 933. The first-order chi connectivity index (χ1) is 12.2. The van der Waals surface area contributed by atoms with Crippen molar-refractivity contribution in [1.29, 1.82) is 0 Å². The van der Waals surface area contributed by atoms with Crippen molar-refractivity contribution >= 4 is 16.7 Å². The molecular weight excluding hydrogens is 316 g/mol. The lowest BCUT2D eigenvalue weighted by molar-refractivity contribution is 0.0938. The van der Waals surface area contributed by atoms with Crippen LogP contribution < -0.4 is 10.9 Å². The third-order valence-electron chi connectivity index (χ3n) is 4.03. The average molecular weight is 336 g/mol. The molecule has 25 heavy (non-hydrogen) atoms. The lowest BCUT2D eigenvalue weighted by Crippen LogP contribution is -2.30. The second-order valence-corrected chi connectivity index (χ2v) is 5.76. The summed E-state index contributed by atoms with van der Waals surface area (Å²) >= 11 is 0. The van der Waals surface area contributed by atoms with Gasteiger partial charge in [-0.15, -0.1) is 0 Å². The predicted octanol–water partition coefficient (Wildman–Crippen LogP) is 2.43. The number of aromatic nitrogens is 1. The van der Waals surface area contributed by atoms with Crippen molar-refractivity contribution in [3.63, 3.8) is 0 Å². The number of carbonyl (C=O) groups excluding carboxylic acids is 1. The molecule has 1 aromatic heterocycles. The Morgan fingerprint density at radius 1 is 1.04 bits per heavy atom. The smallest absolute Gasteiger partial charge is 0.258 e. The highest BCUT2D eigenvalue weighted by Crippen LogP contribution is 2.16. The molecule has 5 nitrogen and oxygen atoms in total. The third-order valence-corrected chi connectivity index (χ3v) is 4.03. The number of carbonyl (C=O) groups is 1. The van der Waals surface area contributed by atoms with Crippen LogP contribution in [0.3, 0.4) is 0 Å². The highest BCUT2D eigenvalue weighted by Gasteiger charge is 2.14. The summed E-state index contributed by atoms with van der Waals surface area (Å²) in [7, 11) is 1.58. The molecular formula is C20H20N2O3. The second-order valence-electron chi connectivity index (χ2n) is 5.76. The number of ether oxygens (including phenoxy) is 1. The van der Waals surface area contributed by atoms with Crippen LogP contribution in [0.5, 0.6) is 0 Å². The van der Waals surface area contributed by atoms with Crippen LogP contribution in [0.2, 0.25) is 0 Å².